The summed E-state index contributed by atoms with van der Waals surface area (Å²) < 4.78 is 0. The smallest absolute Gasteiger partial charge is 0.311 e. The molecule has 3 atom stereocenters. The van der Waals surface area contributed by atoms with Crippen LogP contribution >= 0.6 is 0 Å². The Morgan fingerprint density at radius 2 is 2.21 bits per heavy atom. The van der Waals surface area contributed by atoms with Gasteiger partial charge in [-0.1, -0.05) is 6.92 Å². The molecule has 2 heterocycles. The summed E-state index contributed by atoms with van der Waals surface area (Å²) in [5.74, 6) is -0.536. The lowest BCUT2D eigenvalue weighted by Gasteiger charge is -2.31. The second kappa shape index (κ2) is 5.49. The van der Waals surface area contributed by atoms with E-state index in [1.807, 2.05) is 6.92 Å². The maximum atomic E-state index is 12.5. The Morgan fingerprint density at radius 1 is 1.47 bits per heavy atom. The first kappa shape index (κ1) is 14.3. The van der Waals surface area contributed by atoms with Crippen molar-refractivity contribution in [2.24, 2.45) is 11.3 Å². The van der Waals surface area contributed by atoms with Crippen LogP contribution in [0, 0.1) is 11.3 Å². The molecule has 0 aromatic carbocycles. The number of carboxylic acids is 1. The van der Waals surface area contributed by atoms with Gasteiger partial charge in [-0.25, -0.2) is 0 Å². The van der Waals surface area contributed by atoms with Gasteiger partial charge >= 0.3 is 5.97 Å². The highest BCUT2D eigenvalue weighted by molar-refractivity contribution is 5.82. The number of nitrogens with one attached hydrogen (secondary N) is 1. The predicted octanol–water partition coefficient (Wildman–Crippen LogP) is 1.09. The summed E-state index contributed by atoms with van der Waals surface area (Å²) in [4.78, 5) is 25.7. The SMILES string of the molecule is CCC1(C(=O)O)CCN(C(=O)C2CCNC(C)C2)C1. The fourth-order valence-corrected chi connectivity index (χ4v) is 3.29. The van der Waals surface area contributed by atoms with E-state index in [9.17, 15) is 14.7 Å². The van der Waals surface area contributed by atoms with Gasteiger partial charge in [0.2, 0.25) is 5.91 Å². The van der Waals surface area contributed by atoms with Crippen LogP contribution in [0.1, 0.15) is 39.5 Å². The van der Waals surface area contributed by atoms with Crippen molar-refractivity contribution in [1.29, 1.82) is 0 Å². The lowest BCUT2D eigenvalue weighted by Crippen LogP contribution is -2.44. The predicted molar refractivity (Wildman–Crippen MR) is 71.7 cm³/mol. The Balaban J connectivity index is 2.00. The summed E-state index contributed by atoms with van der Waals surface area (Å²) in [6.07, 6.45) is 2.91. The minimum absolute atomic E-state index is 0.0673. The number of nitrogens with zero attached hydrogens (tertiary/aromatic N) is 1. The number of carbonyl (C=O) groups is 2. The van der Waals surface area contributed by atoms with Gasteiger partial charge in [-0.2, -0.15) is 0 Å². The Hall–Kier alpha value is -1.10. The molecular formula is C14H24N2O3. The normalized spacial score (nSPS) is 35.4. The molecule has 5 nitrogen and oxygen atoms in total. The van der Waals surface area contributed by atoms with Crippen molar-refractivity contribution in [2.45, 2.75) is 45.6 Å². The van der Waals surface area contributed by atoms with Crippen LogP contribution in [-0.4, -0.2) is 47.6 Å². The lowest BCUT2D eigenvalue weighted by atomic mass is 9.84. The van der Waals surface area contributed by atoms with Crippen molar-refractivity contribution in [2.75, 3.05) is 19.6 Å². The summed E-state index contributed by atoms with van der Waals surface area (Å²) in [7, 11) is 0. The van der Waals surface area contributed by atoms with Gasteiger partial charge in [-0.3, -0.25) is 9.59 Å². The maximum Gasteiger partial charge on any atom is 0.311 e. The molecule has 2 saturated heterocycles. The quantitative estimate of drug-likeness (QED) is 0.804. The molecule has 2 aliphatic heterocycles. The number of rotatable bonds is 3. The fourth-order valence-electron chi connectivity index (χ4n) is 3.29. The molecule has 5 heteroatoms. The van der Waals surface area contributed by atoms with Crippen molar-refractivity contribution in [3.8, 4) is 0 Å². The summed E-state index contributed by atoms with van der Waals surface area (Å²) in [6.45, 7) is 5.85. The van der Waals surface area contributed by atoms with Crippen LogP contribution in [0.5, 0.6) is 0 Å². The standard InChI is InChI=1S/C14H24N2O3/c1-3-14(13(18)19)5-7-16(9-14)12(17)11-4-6-15-10(2)8-11/h10-11,15H,3-9H2,1-2H3,(H,18,19). The topological polar surface area (TPSA) is 69.6 Å². The third-order valence-electron chi connectivity index (χ3n) is 4.77. The minimum atomic E-state index is -0.760. The maximum absolute atomic E-state index is 12.5. The lowest BCUT2D eigenvalue weighted by molar-refractivity contribution is -0.149. The van der Waals surface area contributed by atoms with E-state index in [-0.39, 0.29) is 11.8 Å². The third kappa shape index (κ3) is 2.76. The van der Waals surface area contributed by atoms with E-state index >= 15 is 0 Å². The molecule has 0 spiro atoms. The molecule has 1 amide bonds. The zero-order chi connectivity index (χ0) is 14.0. The molecular weight excluding hydrogens is 244 g/mol. The Labute approximate surface area is 114 Å². The van der Waals surface area contributed by atoms with Crippen LogP contribution < -0.4 is 5.32 Å². The van der Waals surface area contributed by atoms with Crippen molar-refractivity contribution in [1.82, 2.24) is 10.2 Å². The van der Waals surface area contributed by atoms with E-state index in [1.165, 1.54) is 0 Å². The fraction of sp³-hybridized carbons (Fsp3) is 0.857. The third-order valence-corrected chi connectivity index (χ3v) is 4.77. The Bertz CT molecular complexity index is 372. The summed E-state index contributed by atoms with van der Waals surface area (Å²) in [6, 6.07) is 0.376. The Kier molecular flexibility index (Phi) is 4.13. The highest BCUT2D eigenvalue weighted by Gasteiger charge is 2.45. The minimum Gasteiger partial charge on any atom is -0.481 e. The van der Waals surface area contributed by atoms with Crippen LogP contribution in [0.4, 0.5) is 0 Å². The average molecular weight is 268 g/mol. The van der Waals surface area contributed by atoms with Gasteiger partial charge < -0.3 is 15.3 Å². The molecule has 108 valence electrons. The highest BCUT2D eigenvalue weighted by Crippen LogP contribution is 2.35. The Morgan fingerprint density at radius 3 is 2.74 bits per heavy atom. The molecule has 0 saturated carbocycles. The number of aliphatic carboxylic acids is 1. The number of hydrogen-bond donors (Lipinski definition) is 2. The second-order valence-electron chi connectivity index (χ2n) is 6.03. The van der Waals surface area contributed by atoms with Crippen LogP contribution in [0.25, 0.3) is 0 Å². The number of piperidine rings is 1. The molecule has 19 heavy (non-hydrogen) atoms. The molecule has 3 unspecified atom stereocenters. The van der Waals surface area contributed by atoms with Crippen LogP contribution in [-0.2, 0) is 9.59 Å². The number of likely N-dealkylation sites (tertiary alicyclic amines) is 1. The first-order chi connectivity index (χ1) is 8.98. The zero-order valence-corrected chi connectivity index (χ0v) is 11.8. The molecule has 2 fully saturated rings. The monoisotopic (exact) mass is 268 g/mol. The van der Waals surface area contributed by atoms with Gasteiger partial charge in [0.25, 0.3) is 0 Å². The van der Waals surface area contributed by atoms with Crippen molar-refractivity contribution in [3.63, 3.8) is 0 Å². The highest BCUT2D eigenvalue weighted by atomic mass is 16.4. The van der Waals surface area contributed by atoms with E-state index in [2.05, 4.69) is 12.2 Å². The number of hydrogen-bond acceptors (Lipinski definition) is 3. The molecule has 0 aromatic heterocycles. The largest absolute Gasteiger partial charge is 0.481 e. The van der Waals surface area contributed by atoms with Gasteiger partial charge in [-0.05, 0) is 39.2 Å². The van der Waals surface area contributed by atoms with Crippen LogP contribution in [0.2, 0.25) is 0 Å². The van der Waals surface area contributed by atoms with E-state index in [0.29, 0.717) is 32.0 Å². The van der Waals surface area contributed by atoms with E-state index in [1.54, 1.807) is 4.90 Å². The van der Waals surface area contributed by atoms with Gasteiger partial charge in [0.05, 0.1) is 5.41 Å². The number of carboxylic acid groups (broad SMARTS) is 1. The van der Waals surface area contributed by atoms with Gasteiger partial charge in [0.1, 0.15) is 0 Å². The second-order valence-corrected chi connectivity index (χ2v) is 6.03. The molecule has 0 bridgehead atoms. The molecule has 0 aliphatic carbocycles. The molecule has 2 aliphatic rings. The molecule has 0 radical (unpaired) electrons. The zero-order valence-electron chi connectivity index (χ0n) is 11.8. The molecule has 2 N–H and O–H groups in total. The van der Waals surface area contributed by atoms with E-state index < -0.39 is 11.4 Å². The summed E-state index contributed by atoms with van der Waals surface area (Å²) >= 11 is 0. The summed E-state index contributed by atoms with van der Waals surface area (Å²) in [5, 5.41) is 12.7. The summed E-state index contributed by atoms with van der Waals surface area (Å²) in [5.41, 5.74) is -0.714. The van der Waals surface area contributed by atoms with E-state index in [4.69, 9.17) is 0 Å². The molecule has 0 aromatic rings. The van der Waals surface area contributed by atoms with Gasteiger partial charge in [0, 0.05) is 25.0 Å². The van der Waals surface area contributed by atoms with E-state index in [0.717, 1.165) is 19.4 Å². The first-order valence-electron chi connectivity index (χ1n) is 7.24. The van der Waals surface area contributed by atoms with Gasteiger partial charge in [-0.15, -0.1) is 0 Å². The first-order valence-corrected chi connectivity index (χ1v) is 7.24. The van der Waals surface area contributed by atoms with Gasteiger partial charge in [0.15, 0.2) is 0 Å². The average Bonchev–Trinajstić information content (AvgIpc) is 2.83. The van der Waals surface area contributed by atoms with Crippen molar-refractivity contribution >= 4 is 11.9 Å². The van der Waals surface area contributed by atoms with Crippen molar-refractivity contribution in [3.05, 3.63) is 0 Å². The molecule has 2 rings (SSSR count). The van der Waals surface area contributed by atoms with Crippen LogP contribution in [0.3, 0.4) is 0 Å². The van der Waals surface area contributed by atoms with Crippen molar-refractivity contribution < 1.29 is 14.7 Å². The number of amides is 1. The van der Waals surface area contributed by atoms with Crippen LogP contribution in [0.15, 0.2) is 0 Å². The number of carbonyl (C=O) groups excluding carboxylic acids is 1.